The molecule has 1 atom stereocenters. The van der Waals surface area contributed by atoms with E-state index in [4.69, 9.17) is 5.26 Å². The molecule has 1 aliphatic rings. The Hall–Kier alpha value is -2.24. The Labute approximate surface area is 135 Å². The molecule has 8 heteroatoms. The van der Waals surface area contributed by atoms with E-state index in [2.05, 4.69) is 15.2 Å². The van der Waals surface area contributed by atoms with Crippen LogP contribution < -0.4 is 0 Å². The molecule has 0 amide bonds. The Morgan fingerprint density at radius 2 is 2.17 bits per heavy atom. The van der Waals surface area contributed by atoms with Crippen molar-refractivity contribution in [3.63, 3.8) is 0 Å². The molecule has 0 saturated carbocycles. The third-order valence-corrected chi connectivity index (χ3v) is 5.91. The number of rotatable bonds is 3. The quantitative estimate of drug-likeness (QED) is 0.919. The van der Waals surface area contributed by atoms with Crippen molar-refractivity contribution < 1.29 is 8.42 Å². The fraction of sp³-hybridized carbons (Fsp3) is 0.400. The number of benzene rings is 1. The lowest BCUT2D eigenvalue weighted by Gasteiger charge is -2.30. The normalized spacial score (nSPS) is 19.4. The Kier molecular flexibility index (Phi) is 4.15. The van der Waals surface area contributed by atoms with Gasteiger partial charge in [-0.2, -0.15) is 14.7 Å². The van der Waals surface area contributed by atoms with Crippen LogP contribution in [0, 0.1) is 18.3 Å². The van der Waals surface area contributed by atoms with E-state index in [9.17, 15) is 8.42 Å². The van der Waals surface area contributed by atoms with Crippen molar-refractivity contribution >= 4 is 10.0 Å². The van der Waals surface area contributed by atoms with E-state index in [0.29, 0.717) is 18.9 Å². The van der Waals surface area contributed by atoms with Crippen LogP contribution in [0.15, 0.2) is 29.2 Å². The van der Waals surface area contributed by atoms with Crippen LogP contribution in [0.25, 0.3) is 0 Å². The zero-order valence-corrected chi connectivity index (χ0v) is 13.5. The molecule has 0 radical (unpaired) electrons. The molecular weight excluding hydrogens is 314 g/mol. The molecule has 0 bridgehead atoms. The minimum Gasteiger partial charge on any atom is -0.263 e. The molecule has 1 aromatic carbocycles. The summed E-state index contributed by atoms with van der Waals surface area (Å²) in [6, 6.07) is 8.25. The van der Waals surface area contributed by atoms with Crippen molar-refractivity contribution in [2.45, 2.75) is 30.6 Å². The van der Waals surface area contributed by atoms with Crippen LogP contribution in [0.4, 0.5) is 0 Å². The Morgan fingerprint density at radius 3 is 2.87 bits per heavy atom. The summed E-state index contributed by atoms with van der Waals surface area (Å²) in [6.45, 7) is 2.60. The molecule has 23 heavy (non-hydrogen) atoms. The van der Waals surface area contributed by atoms with Gasteiger partial charge in [0, 0.05) is 19.0 Å². The Bertz CT molecular complexity index is 853. The van der Waals surface area contributed by atoms with Gasteiger partial charge in [-0.15, -0.1) is 0 Å². The third-order valence-electron chi connectivity index (χ3n) is 3.99. The monoisotopic (exact) mass is 331 g/mol. The van der Waals surface area contributed by atoms with Crippen LogP contribution >= 0.6 is 0 Å². The second-order valence-electron chi connectivity index (χ2n) is 5.59. The first-order valence-electron chi connectivity index (χ1n) is 7.40. The summed E-state index contributed by atoms with van der Waals surface area (Å²) >= 11 is 0. The molecule has 2 heterocycles. The van der Waals surface area contributed by atoms with Gasteiger partial charge in [0.1, 0.15) is 11.9 Å². The fourth-order valence-corrected chi connectivity index (χ4v) is 4.50. The van der Waals surface area contributed by atoms with E-state index < -0.39 is 10.0 Å². The first kappa shape index (κ1) is 15.6. The van der Waals surface area contributed by atoms with Gasteiger partial charge >= 0.3 is 0 Å². The third kappa shape index (κ3) is 2.98. The second-order valence-corrected chi connectivity index (χ2v) is 7.50. The molecule has 1 aromatic heterocycles. The zero-order chi connectivity index (χ0) is 16.4. The molecule has 1 fully saturated rings. The lowest BCUT2D eigenvalue weighted by Crippen LogP contribution is -2.39. The first-order chi connectivity index (χ1) is 11.0. The molecule has 120 valence electrons. The molecule has 0 unspecified atom stereocenters. The van der Waals surface area contributed by atoms with Gasteiger partial charge in [0.25, 0.3) is 0 Å². The van der Waals surface area contributed by atoms with Crippen LogP contribution in [-0.2, 0) is 10.0 Å². The van der Waals surface area contributed by atoms with Crippen LogP contribution in [0.2, 0.25) is 0 Å². The summed E-state index contributed by atoms with van der Waals surface area (Å²) in [4.78, 5) is 4.38. The number of hydrogen-bond acceptors (Lipinski definition) is 5. The number of aromatic nitrogens is 3. The minimum absolute atomic E-state index is 0.0299. The summed E-state index contributed by atoms with van der Waals surface area (Å²) in [5.41, 5.74) is 0.170. The van der Waals surface area contributed by atoms with E-state index in [1.165, 1.54) is 16.4 Å². The molecule has 1 aliphatic heterocycles. The van der Waals surface area contributed by atoms with Crippen molar-refractivity contribution in [3.8, 4) is 6.07 Å². The number of aromatic amines is 1. The zero-order valence-electron chi connectivity index (χ0n) is 12.7. The smallest absolute Gasteiger partial charge is 0.244 e. The van der Waals surface area contributed by atoms with E-state index in [1.807, 2.05) is 13.0 Å². The highest BCUT2D eigenvalue weighted by Gasteiger charge is 2.33. The van der Waals surface area contributed by atoms with Gasteiger partial charge in [0.05, 0.1) is 10.5 Å². The predicted octanol–water partition coefficient (Wildman–Crippen LogP) is 1.55. The largest absolute Gasteiger partial charge is 0.263 e. The van der Waals surface area contributed by atoms with Crippen LogP contribution in [-0.4, -0.2) is 41.0 Å². The van der Waals surface area contributed by atoms with E-state index in [1.54, 1.807) is 12.1 Å². The molecular formula is C15H17N5O2S. The second kappa shape index (κ2) is 6.10. The van der Waals surface area contributed by atoms with Crippen molar-refractivity contribution in [1.82, 2.24) is 19.5 Å². The number of nitrogens with one attached hydrogen (secondary N) is 1. The molecule has 0 aliphatic carbocycles. The van der Waals surface area contributed by atoms with Crippen molar-refractivity contribution in [1.29, 1.82) is 5.26 Å². The summed E-state index contributed by atoms with van der Waals surface area (Å²) in [6.07, 6.45) is 1.59. The predicted molar refractivity (Wildman–Crippen MR) is 83.0 cm³/mol. The highest BCUT2D eigenvalue weighted by Crippen LogP contribution is 2.29. The van der Waals surface area contributed by atoms with E-state index in [-0.39, 0.29) is 16.4 Å². The Balaban J connectivity index is 1.90. The van der Waals surface area contributed by atoms with E-state index >= 15 is 0 Å². The summed E-state index contributed by atoms with van der Waals surface area (Å²) in [5.74, 6) is 1.34. The Morgan fingerprint density at radius 1 is 1.39 bits per heavy atom. The average molecular weight is 331 g/mol. The van der Waals surface area contributed by atoms with Gasteiger partial charge in [-0.05, 0) is 31.9 Å². The number of piperidine rings is 1. The van der Waals surface area contributed by atoms with Gasteiger partial charge in [-0.1, -0.05) is 12.1 Å². The van der Waals surface area contributed by atoms with Gasteiger partial charge < -0.3 is 0 Å². The number of aryl methyl sites for hydroxylation is 1. The highest BCUT2D eigenvalue weighted by molar-refractivity contribution is 7.89. The maximum Gasteiger partial charge on any atom is 0.244 e. The van der Waals surface area contributed by atoms with Crippen molar-refractivity contribution in [3.05, 3.63) is 41.5 Å². The SMILES string of the molecule is Cc1nc([C@H]2CCCN(S(=O)(=O)c3ccccc3C#N)C2)n[nH]1. The van der Waals surface area contributed by atoms with Gasteiger partial charge in [0.15, 0.2) is 5.82 Å². The molecule has 0 spiro atoms. The fourth-order valence-electron chi connectivity index (χ4n) is 2.84. The molecule has 2 aromatic rings. The standard InChI is InChI=1S/C15H17N5O2S/c1-11-17-15(19-18-11)13-6-4-8-20(10-13)23(21,22)14-7-3-2-5-12(14)9-16/h2-3,5,7,13H,4,6,8,10H2,1H3,(H,17,18,19)/t13-/m0/s1. The molecule has 3 rings (SSSR count). The van der Waals surface area contributed by atoms with Crippen molar-refractivity contribution in [2.24, 2.45) is 0 Å². The average Bonchev–Trinajstić information content (AvgIpc) is 3.01. The molecule has 1 N–H and O–H groups in total. The maximum atomic E-state index is 12.9. The summed E-state index contributed by atoms with van der Waals surface area (Å²) < 4.78 is 27.2. The lowest BCUT2D eigenvalue weighted by atomic mass is 9.99. The van der Waals surface area contributed by atoms with Crippen molar-refractivity contribution in [2.75, 3.05) is 13.1 Å². The van der Waals surface area contributed by atoms with Gasteiger partial charge in [0.2, 0.25) is 10.0 Å². The van der Waals surface area contributed by atoms with Gasteiger partial charge in [-0.25, -0.2) is 13.4 Å². The topological polar surface area (TPSA) is 103 Å². The first-order valence-corrected chi connectivity index (χ1v) is 8.84. The number of nitriles is 1. The molecule has 1 saturated heterocycles. The number of sulfonamides is 1. The lowest BCUT2D eigenvalue weighted by molar-refractivity contribution is 0.309. The number of H-pyrrole nitrogens is 1. The van der Waals surface area contributed by atoms with Gasteiger partial charge in [-0.3, -0.25) is 5.10 Å². The summed E-state index contributed by atoms with van der Waals surface area (Å²) in [7, 11) is -3.69. The van der Waals surface area contributed by atoms with E-state index in [0.717, 1.165) is 18.7 Å². The van der Waals surface area contributed by atoms with Crippen LogP contribution in [0.3, 0.4) is 0 Å². The molecule has 7 nitrogen and oxygen atoms in total. The minimum atomic E-state index is -3.69. The van der Waals surface area contributed by atoms with Crippen LogP contribution in [0.5, 0.6) is 0 Å². The number of nitrogens with zero attached hydrogens (tertiary/aromatic N) is 4. The van der Waals surface area contributed by atoms with Crippen LogP contribution in [0.1, 0.15) is 36.0 Å². The summed E-state index contributed by atoms with van der Waals surface area (Å²) in [5, 5.41) is 16.1. The number of hydrogen-bond donors (Lipinski definition) is 1. The maximum absolute atomic E-state index is 12.9. The highest BCUT2D eigenvalue weighted by atomic mass is 32.2.